The molecule has 0 bridgehead atoms. The summed E-state index contributed by atoms with van der Waals surface area (Å²) in [5.41, 5.74) is 26.2. The molecule has 10 aromatic rings. The molecule has 1 heteroatoms. The van der Waals surface area contributed by atoms with Gasteiger partial charge in [-0.2, -0.15) is 0 Å². The van der Waals surface area contributed by atoms with Crippen molar-refractivity contribution >= 4 is 17.1 Å². The summed E-state index contributed by atoms with van der Waals surface area (Å²) in [7, 11) is 0. The molecule has 10 aromatic carbocycles. The average Bonchev–Trinajstić information content (AvgIpc) is 3.93. The lowest BCUT2D eigenvalue weighted by molar-refractivity contribution is 1.17. The molecule has 2 aliphatic rings. The van der Waals surface area contributed by atoms with E-state index in [0.717, 1.165) is 18.5 Å². The Morgan fingerprint density at radius 1 is 0.254 bits per heavy atom. The Labute approximate surface area is 369 Å². The lowest BCUT2D eigenvalue weighted by Crippen LogP contribution is -2.18. The number of rotatable bonds is 8. The number of fused-ring (bicyclic) bond motifs is 6. The van der Waals surface area contributed by atoms with Gasteiger partial charge in [0.1, 0.15) is 0 Å². The quantitative estimate of drug-likeness (QED) is 0.148. The van der Waals surface area contributed by atoms with Gasteiger partial charge in [-0.3, -0.25) is 0 Å². The van der Waals surface area contributed by atoms with Crippen LogP contribution < -0.4 is 4.90 Å². The Bertz CT molecular complexity index is 3110. The van der Waals surface area contributed by atoms with Crippen molar-refractivity contribution in [3.05, 3.63) is 259 Å². The highest BCUT2D eigenvalue weighted by molar-refractivity contribution is 6.10. The Kier molecular flexibility index (Phi) is 9.04. The van der Waals surface area contributed by atoms with Crippen molar-refractivity contribution in [2.45, 2.75) is 12.8 Å². The third-order valence-corrected chi connectivity index (χ3v) is 13.1. The molecule has 0 heterocycles. The van der Waals surface area contributed by atoms with Gasteiger partial charge in [0.05, 0.1) is 17.1 Å². The van der Waals surface area contributed by atoms with E-state index in [1.54, 1.807) is 0 Å². The first kappa shape index (κ1) is 36.8. The van der Waals surface area contributed by atoms with E-state index in [2.05, 4.69) is 241 Å². The van der Waals surface area contributed by atoms with E-state index in [0.29, 0.717) is 0 Å². The minimum atomic E-state index is 0.821. The van der Waals surface area contributed by atoms with Crippen molar-refractivity contribution < 1.29 is 0 Å². The molecule has 2 aliphatic carbocycles. The molecule has 0 saturated carbocycles. The number of hydrogen-bond donors (Lipinski definition) is 0. The second-order valence-corrected chi connectivity index (χ2v) is 16.7. The van der Waals surface area contributed by atoms with Crippen LogP contribution in [0.1, 0.15) is 22.3 Å². The SMILES string of the molecule is c1ccc(-c2ccccc2N(c2c3c(cc(-c4ccccc4)c2-c2ccccc2)-c2ccccc2C3)c2c3c(cc(-c4ccccc4)c2-c2ccccc2)-c2ccccc2C3)cc1. The summed E-state index contributed by atoms with van der Waals surface area (Å²) < 4.78 is 0. The Morgan fingerprint density at radius 3 is 0.984 bits per heavy atom. The lowest BCUT2D eigenvalue weighted by atomic mass is 9.84. The molecule has 0 radical (unpaired) electrons. The minimum absolute atomic E-state index is 0.821. The highest BCUT2D eigenvalue weighted by Gasteiger charge is 2.36. The van der Waals surface area contributed by atoms with E-state index < -0.39 is 0 Å². The number of nitrogens with zero attached hydrogens (tertiary/aromatic N) is 1. The van der Waals surface area contributed by atoms with Gasteiger partial charge in [0, 0.05) is 29.5 Å². The monoisotopic (exact) mass is 801 g/mol. The predicted octanol–water partition coefficient (Wildman–Crippen LogP) is 16.6. The van der Waals surface area contributed by atoms with Crippen molar-refractivity contribution in [1.29, 1.82) is 0 Å². The maximum Gasteiger partial charge on any atom is 0.0588 e. The molecule has 0 fully saturated rings. The Hall–Kier alpha value is -8.00. The van der Waals surface area contributed by atoms with E-state index in [1.165, 1.54) is 112 Å². The molecule has 1 nitrogen and oxygen atoms in total. The summed E-state index contributed by atoms with van der Waals surface area (Å²) in [5.74, 6) is 0. The van der Waals surface area contributed by atoms with Gasteiger partial charge in [0.2, 0.25) is 0 Å². The molecule has 0 unspecified atom stereocenters. The zero-order chi connectivity index (χ0) is 41.7. The Morgan fingerprint density at radius 2 is 0.571 bits per heavy atom. The molecule has 63 heavy (non-hydrogen) atoms. The number of hydrogen-bond acceptors (Lipinski definition) is 1. The summed E-state index contributed by atoms with van der Waals surface area (Å²) in [5, 5.41) is 0. The molecule has 0 atom stereocenters. The van der Waals surface area contributed by atoms with Gasteiger partial charge in [0.25, 0.3) is 0 Å². The van der Waals surface area contributed by atoms with Crippen LogP contribution in [-0.2, 0) is 12.8 Å². The zero-order valence-corrected chi connectivity index (χ0v) is 34.9. The van der Waals surface area contributed by atoms with Gasteiger partial charge in [-0.15, -0.1) is 0 Å². The molecule has 0 amide bonds. The lowest BCUT2D eigenvalue weighted by Gasteiger charge is -2.36. The zero-order valence-electron chi connectivity index (χ0n) is 34.9. The van der Waals surface area contributed by atoms with Crippen LogP contribution in [-0.4, -0.2) is 0 Å². The number of anilines is 3. The van der Waals surface area contributed by atoms with Crippen LogP contribution >= 0.6 is 0 Å². The predicted molar refractivity (Wildman–Crippen MR) is 265 cm³/mol. The highest BCUT2D eigenvalue weighted by atomic mass is 15.2. The van der Waals surface area contributed by atoms with Crippen LogP contribution in [0.15, 0.2) is 237 Å². The van der Waals surface area contributed by atoms with Crippen LogP contribution in [0.2, 0.25) is 0 Å². The molecule has 0 spiro atoms. The van der Waals surface area contributed by atoms with Gasteiger partial charge in [-0.1, -0.05) is 218 Å². The first-order valence-electron chi connectivity index (χ1n) is 22.0. The van der Waals surface area contributed by atoms with Crippen LogP contribution in [0.4, 0.5) is 17.1 Å². The second kappa shape index (κ2) is 15.5. The van der Waals surface area contributed by atoms with E-state index in [1.807, 2.05) is 0 Å². The van der Waals surface area contributed by atoms with Crippen LogP contribution in [0.5, 0.6) is 0 Å². The first-order chi connectivity index (χ1) is 31.3. The summed E-state index contributed by atoms with van der Waals surface area (Å²) in [6.07, 6.45) is 1.64. The maximum atomic E-state index is 2.72. The van der Waals surface area contributed by atoms with Crippen molar-refractivity contribution in [3.8, 4) is 77.9 Å². The molecule has 0 aromatic heterocycles. The third kappa shape index (κ3) is 6.24. The number of benzene rings is 10. The number of para-hydroxylation sites is 1. The fourth-order valence-corrected chi connectivity index (χ4v) is 10.4. The second-order valence-electron chi connectivity index (χ2n) is 16.7. The van der Waals surface area contributed by atoms with Crippen LogP contribution in [0, 0.1) is 0 Å². The largest absolute Gasteiger partial charge is 0.308 e. The standard InChI is InChI=1S/C62H43N/c1-6-22-42(23-7-1)51-36-20-21-37-58(51)63(61-56-38-47-32-16-18-34-49(47)54(56)40-52(43-24-8-2-9-25-43)59(61)45-28-12-4-13-29-45)62-57-39-48-33-17-19-35-50(48)55(57)41-53(44-26-10-3-11-27-44)60(62)46-30-14-5-15-31-46/h1-37,40-41H,38-39H2. The van der Waals surface area contributed by atoms with Crippen molar-refractivity contribution in [2.75, 3.05) is 4.90 Å². The maximum absolute atomic E-state index is 2.72. The smallest absolute Gasteiger partial charge is 0.0588 e. The summed E-state index contributed by atoms with van der Waals surface area (Å²) in [6, 6.07) is 87.5. The Balaban J connectivity index is 1.33. The van der Waals surface area contributed by atoms with E-state index in [-0.39, 0.29) is 0 Å². The minimum Gasteiger partial charge on any atom is -0.308 e. The normalized spacial score (nSPS) is 12.0. The van der Waals surface area contributed by atoms with E-state index >= 15 is 0 Å². The van der Waals surface area contributed by atoms with Crippen molar-refractivity contribution in [1.82, 2.24) is 0 Å². The molecule has 0 aliphatic heterocycles. The van der Waals surface area contributed by atoms with Gasteiger partial charge in [0.15, 0.2) is 0 Å². The summed E-state index contributed by atoms with van der Waals surface area (Å²) >= 11 is 0. The molecule has 12 rings (SSSR count). The van der Waals surface area contributed by atoms with Gasteiger partial charge in [-0.25, -0.2) is 0 Å². The van der Waals surface area contributed by atoms with Gasteiger partial charge < -0.3 is 4.90 Å². The molecule has 0 N–H and O–H groups in total. The van der Waals surface area contributed by atoms with Gasteiger partial charge in [-0.05, 0) is 102 Å². The molecule has 296 valence electrons. The molecule has 0 saturated heterocycles. The van der Waals surface area contributed by atoms with Gasteiger partial charge >= 0.3 is 0 Å². The highest BCUT2D eigenvalue weighted by Crippen LogP contribution is 2.59. The summed E-state index contributed by atoms with van der Waals surface area (Å²) in [4.78, 5) is 2.72. The van der Waals surface area contributed by atoms with E-state index in [9.17, 15) is 0 Å². The van der Waals surface area contributed by atoms with Crippen molar-refractivity contribution in [2.24, 2.45) is 0 Å². The molecular formula is C62H43N. The first-order valence-corrected chi connectivity index (χ1v) is 22.0. The van der Waals surface area contributed by atoms with E-state index in [4.69, 9.17) is 0 Å². The third-order valence-electron chi connectivity index (χ3n) is 13.1. The summed E-state index contributed by atoms with van der Waals surface area (Å²) in [6.45, 7) is 0. The average molecular weight is 802 g/mol. The van der Waals surface area contributed by atoms with Crippen LogP contribution in [0.25, 0.3) is 77.9 Å². The van der Waals surface area contributed by atoms with Crippen molar-refractivity contribution in [3.63, 3.8) is 0 Å². The topological polar surface area (TPSA) is 3.24 Å². The molecular weight excluding hydrogens is 759 g/mol. The fraction of sp³-hybridized carbons (Fsp3) is 0.0323. The fourth-order valence-electron chi connectivity index (χ4n) is 10.4. The van der Waals surface area contributed by atoms with Crippen LogP contribution in [0.3, 0.4) is 0 Å².